The summed E-state index contributed by atoms with van der Waals surface area (Å²) in [6.07, 6.45) is 1.25. The first-order valence-corrected chi connectivity index (χ1v) is 7.25. The molecule has 0 bridgehead atoms. The van der Waals surface area contributed by atoms with Crippen LogP contribution in [-0.4, -0.2) is 17.4 Å². The molecule has 0 amide bonds. The minimum absolute atomic E-state index is 0.223. The first-order chi connectivity index (χ1) is 7.53. The predicted molar refractivity (Wildman–Crippen MR) is 66.7 cm³/mol. The highest BCUT2D eigenvalue weighted by Gasteiger charge is 2.20. The molecule has 0 spiro atoms. The Morgan fingerprint density at radius 3 is 2.25 bits per heavy atom. The van der Waals surface area contributed by atoms with E-state index in [4.69, 9.17) is 0 Å². The van der Waals surface area contributed by atoms with Crippen LogP contribution in [0, 0.1) is 0 Å². The molecule has 0 aliphatic rings. The summed E-state index contributed by atoms with van der Waals surface area (Å²) < 4.78 is 26.2. The van der Waals surface area contributed by atoms with Gasteiger partial charge < -0.3 is 0 Å². The van der Waals surface area contributed by atoms with Crippen LogP contribution < -0.4 is 0 Å². The normalized spacial score (nSPS) is 11.6. The summed E-state index contributed by atoms with van der Waals surface area (Å²) in [6, 6.07) is 8.18. The quantitative estimate of drug-likeness (QED) is 0.822. The van der Waals surface area contributed by atoms with Crippen molar-refractivity contribution in [1.82, 2.24) is 8.96 Å². The van der Waals surface area contributed by atoms with Crippen LogP contribution in [0.4, 0.5) is 0 Å². The minimum Gasteiger partial charge on any atom is -0.227 e. The van der Waals surface area contributed by atoms with Crippen LogP contribution in [0.3, 0.4) is 0 Å². The zero-order valence-corrected chi connectivity index (χ0v) is 11.8. The van der Waals surface area contributed by atoms with Gasteiger partial charge in [0.25, 0.3) is 10.0 Å². The van der Waals surface area contributed by atoms with Crippen LogP contribution in [-0.2, 0) is 10.0 Å². The Morgan fingerprint density at radius 2 is 1.75 bits per heavy atom. The van der Waals surface area contributed by atoms with Gasteiger partial charge in [-0.1, -0.05) is 18.2 Å². The molecule has 7 heteroatoms. The number of hydrogen-bond donors (Lipinski definition) is 0. The van der Waals surface area contributed by atoms with Crippen molar-refractivity contribution in [3.05, 3.63) is 45.9 Å². The number of benzene rings is 1. The lowest BCUT2D eigenvalue weighted by molar-refractivity contribution is 0.586. The van der Waals surface area contributed by atoms with Crippen molar-refractivity contribution in [2.75, 3.05) is 0 Å². The van der Waals surface area contributed by atoms with Crippen LogP contribution in [0.1, 0.15) is 0 Å². The van der Waals surface area contributed by atoms with Gasteiger partial charge in [0.05, 0.1) is 4.90 Å². The Bertz CT molecular complexity index is 608. The number of rotatable bonds is 2. The monoisotopic (exact) mass is 364 g/mol. The van der Waals surface area contributed by atoms with Crippen molar-refractivity contribution in [2.24, 2.45) is 0 Å². The Hall–Kier alpha value is -0.660. The molecule has 0 aliphatic heterocycles. The van der Waals surface area contributed by atoms with Crippen LogP contribution in [0.2, 0.25) is 0 Å². The summed E-state index contributed by atoms with van der Waals surface area (Å²) >= 11 is 6.30. The average molecular weight is 366 g/mol. The summed E-state index contributed by atoms with van der Waals surface area (Å²) in [4.78, 5) is 4.08. The molecule has 0 saturated heterocycles. The largest absolute Gasteiger partial charge is 0.269 e. The van der Waals surface area contributed by atoms with E-state index in [2.05, 4.69) is 36.8 Å². The molecular formula is C9H6Br2N2O2S. The van der Waals surface area contributed by atoms with E-state index in [9.17, 15) is 8.42 Å². The molecule has 1 heterocycles. The molecule has 0 atom stereocenters. The van der Waals surface area contributed by atoms with E-state index in [0.29, 0.717) is 9.21 Å². The van der Waals surface area contributed by atoms with Gasteiger partial charge in [-0.3, -0.25) is 0 Å². The summed E-state index contributed by atoms with van der Waals surface area (Å²) in [7, 11) is -3.57. The molecule has 16 heavy (non-hydrogen) atoms. The highest BCUT2D eigenvalue weighted by molar-refractivity contribution is 9.13. The van der Waals surface area contributed by atoms with Gasteiger partial charge in [0.2, 0.25) is 0 Å². The highest BCUT2D eigenvalue weighted by atomic mass is 79.9. The first-order valence-electron chi connectivity index (χ1n) is 4.22. The van der Waals surface area contributed by atoms with E-state index in [-0.39, 0.29) is 4.90 Å². The van der Waals surface area contributed by atoms with Crippen molar-refractivity contribution >= 4 is 41.9 Å². The fraction of sp³-hybridized carbons (Fsp3) is 0. The maximum Gasteiger partial charge on any atom is 0.269 e. The summed E-state index contributed by atoms with van der Waals surface area (Å²) in [5.41, 5.74) is 0. The van der Waals surface area contributed by atoms with Crippen molar-refractivity contribution in [2.45, 2.75) is 4.90 Å². The molecule has 84 valence electrons. The van der Waals surface area contributed by atoms with Crippen LogP contribution in [0.15, 0.2) is 50.8 Å². The smallest absolute Gasteiger partial charge is 0.227 e. The third-order valence-electron chi connectivity index (χ3n) is 1.94. The third-order valence-corrected chi connectivity index (χ3v) is 5.71. The fourth-order valence-corrected chi connectivity index (χ4v) is 3.53. The van der Waals surface area contributed by atoms with Gasteiger partial charge in [0.15, 0.2) is 0 Å². The Kier molecular flexibility index (Phi) is 3.18. The van der Waals surface area contributed by atoms with E-state index in [1.807, 2.05) is 0 Å². The van der Waals surface area contributed by atoms with Gasteiger partial charge in [0, 0.05) is 0 Å². The van der Waals surface area contributed by atoms with Gasteiger partial charge in [0.1, 0.15) is 15.5 Å². The lowest BCUT2D eigenvalue weighted by Crippen LogP contribution is -2.12. The topological polar surface area (TPSA) is 52.0 Å². The van der Waals surface area contributed by atoms with E-state index < -0.39 is 10.0 Å². The number of nitrogens with zero attached hydrogens (tertiary/aromatic N) is 2. The van der Waals surface area contributed by atoms with Gasteiger partial charge in [-0.05, 0) is 44.0 Å². The minimum atomic E-state index is -3.57. The lowest BCUT2D eigenvalue weighted by atomic mass is 10.4. The van der Waals surface area contributed by atoms with Gasteiger partial charge >= 0.3 is 0 Å². The van der Waals surface area contributed by atoms with Gasteiger partial charge in [-0.15, -0.1) is 0 Å². The standard InChI is InChI=1S/C9H6Br2N2O2S/c10-8-9(11)13(6-12-8)16(14,15)7-4-2-1-3-5-7/h1-6H. The second kappa shape index (κ2) is 4.31. The zero-order chi connectivity index (χ0) is 11.8. The van der Waals surface area contributed by atoms with E-state index >= 15 is 0 Å². The van der Waals surface area contributed by atoms with Crippen molar-refractivity contribution in [3.8, 4) is 0 Å². The Labute approximate surface area is 110 Å². The van der Waals surface area contributed by atoms with Crippen molar-refractivity contribution in [1.29, 1.82) is 0 Å². The molecule has 1 aromatic heterocycles. The third kappa shape index (κ3) is 1.94. The van der Waals surface area contributed by atoms with Gasteiger partial charge in [-0.25, -0.2) is 17.4 Å². The number of halogens is 2. The van der Waals surface area contributed by atoms with E-state index in [0.717, 1.165) is 3.97 Å². The van der Waals surface area contributed by atoms with Crippen LogP contribution in [0.5, 0.6) is 0 Å². The summed E-state index contributed by atoms with van der Waals surface area (Å²) in [5.74, 6) is 0. The molecule has 0 fully saturated rings. The first kappa shape index (κ1) is 11.8. The van der Waals surface area contributed by atoms with Gasteiger partial charge in [-0.2, -0.15) is 0 Å². The predicted octanol–water partition coefficient (Wildman–Crippen LogP) is 2.65. The van der Waals surface area contributed by atoms with Crippen LogP contribution >= 0.6 is 31.9 Å². The molecule has 1 aromatic carbocycles. The fourth-order valence-electron chi connectivity index (χ4n) is 1.17. The number of imidazole rings is 1. The molecule has 2 aromatic rings. The lowest BCUT2D eigenvalue weighted by Gasteiger charge is -2.05. The Morgan fingerprint density at radius 1 is 1.12 bits per heavy atom. The maximum absolute atomic E-state index is 12.1. The molecule has 0 radical (unpaired) electrons. The molecule has 4 nitrogen and oxygen atoms in total. The number of aromatic nitrogens is 2. The molecule has 0 unspecified atom stereocenters. The molecule has 0 aliphatic carbocycles. The molecule has 2 rings (SSSR count). The SMILES string of the molecule is O=S(=O)(c1ccccc1)n1cnc(Br)c1Br. The van der Waals surface area contributed by atoms with E-state index in [1.165, 1.54) is 18.5 Å². The van der Waals surface area contributed by atoms with Crippen molar-refractivity contribution in [3.63, 3.8) is 0 Å². The average Bonchev–Trinajstić information content (AvgIpc) is 2.61. The Balaban J connectivity index is 2.61. The molecule has 0 N–H and O–H groups in total. The highest BCUT2D eigenvalue weighted by Crippen LogP contribution is 2.25. The second-order valence-electron chi connectivity index (χ2n) is 2.94. The molecule has 0 saturated carbocycles. The summed E-state index contributed by atoms with van der Waals surface area (Å²) in [5, 5.41) is 0. The van der Waals surface area contributed by atoms with Crippen LogP contribution in [0.25, 0.3) is 0 Å². The maximum atomic E-state index is 12.1. The molecular weight excluding hydrogens is 360 g/mol. The summed E-state index contributed by atoms with van der Waals surface area (Å²) in [6.45, 7) is 0. The van der Waals surface area contributed by atoms with Crippen molar-refractivity contribution < 1.29 is 8.42 Å². The second-order valence-corrected chi connectivity index (χ2v) is 6.26. The van der Waals surface area contributed by atoms with E-state index in [1.54, 1.807) is 18.2 Å². The zero-order valence-electron chi connectivity index (χ0n) is 7.84. The number of hydrogen-bond acceptors (Lipinski definition) is 3.